The Kier molecular flexibility index (Phi) is 6.09. The summed E-state index contributed by atoms with van der Waals surface area (Å²) < 4.78 is 5.07. The van der Waals surface area contributed by atoms with Gasteiger partial charge in [0, 0.05) is 6.54 Å². The SMILES string of the molecule is CCCN(CC)CC(NCC)(C(=O)OC)C1CC1. The van der Waals surface area contributed by atoms with Gasteiger partial charge < -0.3 is 15.0 Å². The number of rotatable bonds is 9. The quantitative estimate of drug-likeness (QED) is 0.637. The Hall–Kier alpha value is -0.610. The van der Waals surface area contributed by atoms with E-state index in [0.717, 1.165) is 45.4 Å². The van der Waals surface area contributed by atoms with Gasteiger partial charge in [-0.05, 0) is 44.8 Å². The van der Waals surface area contributed by atoms with Crippen LogP contribution >= 0.6 is 0 Å². The van der Waals surface area contributed by atoms with Gasteiger partial charge in [0.1, 0.15) is 5.54 Å². The van der Waals surface area contributed by atoms with E-state index < -0.39 is 5.54 Å². The second kappa shape index (κ2) is 7.10. The first kappa shape index (κ1) is 15.4. The summed E-state index contributed by atoms with van der Waals surface area (Å²) in [6.07, 6.45) is 3.37. The van der Waals surface area contributed by atoms with Crippen LogP contribution in [0, 0.1) is 5.92 Å². The van der Waals surface area contributed by atoms with Crippen LogP contribution in [0.5, 0.6) is 0 Å². The molecular formula is C14H28N2O2. The second-order valence-corrected chi connectivity index (χ2v) is 5.14. The fourth-order valence-electron chi connectivity index (χ4n) is 2.72. The summed E-state index contributed by atoms with van der Waals surface area (Å²) in [5, 5.41) is 3.42. The summed E-state index contributed by atoms with van der Waals surface area (Å²) in [5.74, 6) is 0.345. The van der Waals surface area contributed by atoms with E-state index >= 15 is 0 Å². The summed E-state index contributed by atoms with van der Waals surface area (Å²) >= 11 is 0. The average Bonchev–Trinajstić information content (AvgIpc) is 3.20. The molecule has 1 saturated carbocycles. The van der Waals surface area contributed by atoms with Gasteiger partial charge in [-0.1, -0.05) is 20.8 Å². The molecule has 0 aromatic heterocycles. The molecule has 0 bridgehead atoms. The van der Waals surface area contributed by atoms with E-state index in [1.807, 2.05) is 0 Å². The van der Waals surface area contributed by atoms with Crippen molar-refractivity contribution in [2.24, 2.45) is 5.92 Å². The minimum Gasteiger partial charge on any atom is -0.468 e. The van der Waals surface area contributed by atoms with Crippen molar-refractivity contribution in [3.05, 3.63) is 0 Å². The van der Waals surface area contributed by atoms with Crippen molar-refractivity contribution in [1.82, 2.24) is 10.2 Å². The highest BCUT2D eigenvalue weighted by Crippen LogP contribution is 2.41. The minimum atomic E-state index is -0.491. The molecule has 0 heterocycles. The van der Waals surface area contributed by atoms with Gasteiger partial charge in [-0.2, -0.15) is 0 Å². The molecule has 1 unspecified atom stereocenters. The Labute approximate surface area is 111 Å². The molecule has 1 aliphatic rings. The summed E-state index contributed by atoms with van der Waals surface area (Å²) in [7, 11) is 1.49. The lowest BCUT2D eigenvalue weighted by Crippen LogP contribution is -2.61. The molecule has 1 atom stereocenters. The normalized spacial score (nSPS) is 18.7. The van der Waals surface area contributed by atoms with Crippen LogP contribution in [-0.2, 0) is 9.53 Å². The van der Waals surface area contributed by atoms with E-state index in [0.29, 0.717) is 5.92 Å². The van der Waals surface area contributed by atoms with Gasteiger partial charge >= 0.3 is 5.97 Å². The Bertz CT molecular complexity index is 267. The maximum atomic E-state index is 12.2. The zero-order chi connectivity index (χ0) is 13.6. The number of hydrogen-bond acceptors (Lipinski definition) is 4. The van der Waals surface area contributed by atoms with Crippen LogP contribution in [0.3, 0.4) is 0 Å². The van der Waals surface area contributed by atoms with Crippen LogP contribution < -0.4 is 5.32 Å². The predicted molar refractivity (Wildman–Crippen MR) is 73.6 cm³/mol. The van der Waals surface area contributed by atoms with Gasteiger partial charge in [-0.3, -0.25) is 0 Å². The molecule has 1 rings (SSSR count). The van der Waals surface area contributed by atoms with Crippen molar-refractivity contribution in [3.8, 4) is 0 Å². The lowest BCUT2D eigenvalue weighted by molar-refractivity contribution is -0.150. The monoisotopic (exact) mass is 256 g/mol. The molecule has 1 aliphatic carbocycles. The number of nitrogens with one attached hydrogen (secondary N) is 1. The number of ether oxygens (including phenoxy) is 1. The molecule has 0 saturated heterocycles. The van der Waals surface area contributed by atoms with Gasteiger partial charge in [0.05, 0.1) is 7.11 Å². The lowest BCUT2D eigenvalue weighted by atomic mass is 9.92. The van der Waals surface area contributed by atoms with Crippen LogP contribution in [0.25, 0.3) is 0 Å². The van der Waals surface area contributed by atoms with Crippen molar-refractivity contribution < 1.29 is 9.53 Å². The zero-order valence-corrected chi connectivity index (χ0v) is 12.3. The van der Waals surface area contributed by atoms with Crippen LogP contribution in [0.1, 0.15) is 40.0 Å². The van der Waals surface area contributed by atoms with Crippen LogP contribution in [-0.4, -0.2) is 49.7 Å². The van der Waals surface area contributed by atoms with E-state index in [4.69, 9.17) is 4.74 Å². The number of carbonyl (C=O) groups excluding carboxylic acids is 1. The standard InChI is InChI=1S/C14H28N2O2/c1-5-10-16(7-3)11-14(15-6-2,12-8-9-12)13(17)18-4/h12,15H,5-11H2,1-4H3. The highest BCUT2D eigenvalue weighted by molar-refractivity contribution is 5.82. The van der Waals surface area contributed by atoms with Crippen LogP contribution in [0.2, 0.25) is 0 Å². The lowest BCUT2D eigenvalue weighted by Gasteiger charge is -2.36. The number of nitrogens with zero attached hydrogens (tertiary/aromatic N) is 1. The molecule has 106 valence electrons. The Balaban J connectivity index is 2.83. The van der Waals surface area contributed by atoms with Crippen LogP contribution in [0.4, 0.5) is 0 Å². The third kappa shape index (κ3) is 3.45. The molecule has 18 heavy (non-hydrogen) atoms. The first-order valence-electron chi connectivity index (χ1n) is 7.20. The van der Waals surface area contributed by atoms with E-state index in [2.05, 4.69) is 31.0 Å². The van der Waals surface area contributed by atoms with Gasteiger partial charge in [-0.15, -0.1) is 0 Å². The van der Waals surface area contributed by atoms with Gasteiger partial charge in [0.15, 0.2) is 0 Å². The highest BCUT2D eigenvalue weighted by Gasteiger charge is 2.52. The van der Waals surface area contributed by atoms with Crippen molar-refractivity contribution >= 4 is 5.97 Å². The fraction of sp³-hybridized carbons (Fsp3) is 0.929. The smallest absolute Gasteiger partial charge is 0.327 e. The van der Waals surface area contributed by atoms with Crippen LogP contribution in [0.15, 0.2) is 0 Å². The third-order valence-electron chi connectivity index (χ3n) is 3.78. The number of likely N-dealkylation sites (N-methyl/N-ethyl adjacent to an activating group) is 2. The zero-order valence-electron chi connectivity index (χ0n) is 12.3. The van der Waals surface area contributed by atoms with E-state index in [9.17, 15) is 4.79 Å². The van der Waals surface area contributed by atoms with E-state index in [1.165, 1.54) is 7.11 Å². The number of hydrogen-bond donors (Lipinski definition) is 1. The Morgan fingerprint density at radius 3 is 2.44 bits per heavy atom. The van der Waals surface area contributed by atoms with Crippen molar-refractivity contribution in [2.75, 3.05) is 33.3 Å². The molecule has 0 aromatic carbocycles. The number of carbonyl (C=O) groups is 1. The summed E-state index contributed by atoms with van der Waals surface area (Å²) in [4.78, 5) is 14.6. The molecule has 4 nitrogen and oxygen atoms in total. The highest BCUT2D eigenvalue weighted by atomic mass is 16.5. The molecule has 1 N–H and O–H groups in total. The summed E-state index contributed by atoms with van der Waals surface area (Å²) in [5.41, 5.74) is -0.491. The molecule has 0 spiro atoms. The predicted octanol–water partition coefficient (Wildman–Crippen LogP) is 1.65. The summed E-state index contributed by atoms with van der Waals surface area (Å²) in [6.45, 7) is 9.95. The minimum absolute atomic E-state index is 0.0959. The fourth-order valence-corrected chi connectivity index (χ4v) is 2.72. The second-order valence-electron chi connectivity index (χ2n) is 5.14. The van der Waals surface area contributed by atoms with E-state index in [-0.39, 0.29) is 5.97 Å². The molecule has 4 heteroatoms. The molecule has 0 aliphatic heterocycles. The van der Waals surface area contributed by atoms with Gasteiger partial charge in [0.2, 0.25) is 0 Å². The topological polar surface area (TPSA) is 41.6 Å². The van der Waals surface area contributed by atoms with Crippen molar-refractivity contribution in [3.63, 3.8) is 0 Å². The largest absolute Gasteiger partial charge is 0.468 e. The number of methoxy groups -OCH3 is 1. The average molecular weight is 256 g/mol. The number of esters is 1. The molecule has 0 radical (unpaired) electrons. The Morgan fingerprint density at radius 2 is 2.06 bits per heavy atom. The molecule has 0 aromatic rings. The van der Waals surface area contributed by atoms with Gasteiger partial charge in [0.25, 0.3) is 0 Å². The molecular weight excluding hydrogens is 228 g/mol. The maximum Gasteiger partial charge on any atom is 0.327 e. The Morgan fingerprint density at radius 1 is 1.39 bits per heavy atom. The first-order chi connectivity index (χ1) is 8.64. The maximum absolute atomic E-state index is 12.2. The van der Waals surface area contributed by atoms with E-state index in [1.54, 1.807) is 0 Å². The van der Waals surface area contributed by atoms with Gasteiger partial charge in [-0.25, -0.2) is 4.79 Å². The summed E-state index contributed by atoms with van der Waals surface area (Å²) in [6, 6.07) is 0. The third-order valence-corrected chi connectivity index (χ3v) is 3.78. The molecule has 0 amide bonds. The molecule has 1 fully saturated rings. The van der Waals surface area contributed by atoms with Crippen molar-refractivity contribution in [1.29, 1.82) is 0 Å². The van der Waals surface area contributed by atoms with Crippen molar-refractivity contribution in [2.45, 2.75) is 45.6 Å². The first-order valence-corrected chi connectivity index (χ1v) is 7.20.